The second-order valence-corrected chi connectivity index (χ2v) is 10.2. The Morgan fingerprint density at radius 2 is 2.03 bits per heavy atom. The van der Waals surface area contributed by atoms with Crippen LogP contribution in [0.5, 0.6) is 11.5 Å². The number of aromatic carboxylic acids is 1. The number of hydrogen-bond donors (Lipinski definition) is 2. The third kappa shape index (κ3) is 4.30. The minimum atomic E-state index is -0.898. The molecule has 3 atom stereocenters. The number of ether oxygens (including phenoxy) is 2. The quantitative estimate of drug-likeness (QED) is 0.308. The van der Waals surface area contributed by atoms with Crippen LogP contribution in [0.2, 0.25) is 5.02 Å². The Bertz CT molecular complexity index is 1340. The first-order valence-electron chi connectivity index (χ1n) is 11.4. The highest BCUT2D eigenvalue weighted by molar-refractivity contribution is 9.10. The Morgan fingerprint density at radius 3 is 2.77 bits per heavy atom. The number of carboxylic acids is 1. The van der Waals surface area contributed by atoms with Crippen LogP contribution in [0.15, 0.2) is 65.2 Å². The number of fused-ring (bicyclic) bond motifs is 3. The molecule has 3 aromatic rings. The van der Waals surface area contributed by atoms with Crippen LogP contribution in [0.25, 0.3) is 0 Å². The lowest BCUT2D eigenvalue weighted by Gasteiger charge is -2.39. The second-order valence-electron chi connectivity index (χ2n) is 8.91. The maximum Gasteiger partial charge on any atom is 0.336 e. The van der Waals surface area contributed by atoms with Crippen molar-refractivity contribution in [2.75, 3.05) is 12.4 Å². The number of allylic oxidation sites excluding steroid dienone is 2. The maximum absolute atomic E-state index is 12.0. The van der Waals surface area contributed by atoms with Gasteiger partial charge in [-0.2, -0.15) is 0 Å². The molecule has 0 fully saturated rings. The van der Waals surface area contributed by atoms with Crippen molar-refractivity contribution < 1.29 is 19.4 Å². The molecule has 7 heteroatoms. The van der Waals surface area contributed by atoms with Crippen LogP contribution in [0.1, 0.15) is 51.0 Å². The van der Waals surface area contributed by atoms with Gasteiger partial charge in [-0.15, -0.1) is 0 Å². The van der Waals surface area contributed by atoms with Gasteiger partial charge >= 0.3 is 5.97 Å². The van der Waals surface area contributed by atoms with Crippen molar-refractivity contribution in [2.45, 2.75) is 31.9 Å². The van der Waals surface area contributed by atoms with Gasteiger partial charge in [0.25, 0.3) is 0 Å². The summed E-state index contributed by atoms with van der Waals surface area (Å²) in [5, 5.41) is 14.1. The van der Waals surface area contributed by atoms with Crippen molar-refractivity contribution in [1.29, 1.82) is 0 Å². The van der Waals surface area contributed by atoms with Gasteiger partial charge in [0.05, 0.1) is 23.2 Å². The number of nitrogens with one attached hydrogen (secondary N) is 1. The number of anilines is 1. The van der Waals surface area contributed by atoms with Gasteiger partial charge in [-0.05, 0) is 76.1 Å². The number of methoxy groups -OCH3 is 1. The summed E-state index contributed by atoms with van der Waals surface area (Å²) in [7, 11) is 1.63. The summed E-state index contributed by atoms with van der Waals surface area (Å²) < 4.78 is 12.6. The van der Waals surface area contributed by atoms with E-state index in [1.165, 1.54) is 0 Å². The minimum Gasteiger partial charge on any atom is -0.493 e. The van der Waals surface area contributed by atoms with Crippen LogP contribution < -0.4 is 14.8 Å². The van der Waals surface area contributed by atoms with Crippen molar-refractivity contribution >= 4 is 39.2 Å². The summed E-state index contributed by atoms with van der Waals surface area (Å²) in [5.74, 6) is 0.549. The molecule has 180 valence electrons. The summed E-state index contributed by atoms with van der Waals surface area (Å²) >= 11 is 9.98. The molecule has 0 saturated carbocycles. The normalized spacial score (nSPS) is 20.1. The number of benzene rings is 3. The van der Waals surface area contributed by atoms with Gasteiger partial charge in [0.2, 0.25) is 0 Å². The van der Waals surface area contributed by atoms with Crippen molar-refractivity contribution in [1.82, 2.24) is 0 Å². The lowest BCUT2D eigenvalue weighted by molar-refractivity contribution is 0.0695. The highest BCUT2D eigenvalue weighted by Gasteiger charge is 2.41. The molecule has 0 unspecified atom stereocenters. The van der Waals surface area contributed by atoms with E-state index in [1.54, 1.807) is 13.2 Å². The maximum atomic E-state index is 12.0. The molecule has 0 saturated heterocycles. The zero-order valence-electron chi connectivity index (χ0n) is 19.3. The van der Waals surface area contributed by atoms with Gasteiger partial charge in [0.1, 0.15) is 6.61 Å². The first-order chi connectivity index (χ1) is 16.9. The van der Waals surface area contributed by atoms with E-state index in [0.29, 0.717) is 28.7 Å². The predicted octanol–water partition coefficient (Wildman–Crippen LogP) is 7.52. The Balaban J connectivity index is 1.51. The van der Waals surface area contributed by atoms with Crippen LogP contribution in [-0.4, -0.2) is 18.2 Å². The SMILES string of the molecule is COc1cc([C@@H]2Nc3c(C)ccc(C(=O)O)c3[C@@H]3C=CC[C@H]32)cc(Br)c1OCc1ccccc1Cl. The lowest BCUT2D eigenvalue weighted by atomic mass is 9.74. The number of aryl methyl sites for hydroxylation is 1. The van der Waals surface area contributed by atoms with Crippen LogP contribution in [0, 0.1) is 12.8 Å². The summed E-state index contributed by atoms with van der Waals surface area (Å²) in [4.78, 5) is 12.0. The van der Waals surface area contributed by atoms with E-state index in [1.807, 2.05) is 43.3 Å². The summed E-state index contributed by atoms with van der Waals surface area (Å²) in [6, 6.07) is 15.2. The number of rotatable bonds is 6. The molecule has 2 aliphatic rings. The summed E-state index contributed by atoms with van der Waals surface area (Å²) in [5.41, 5.74) is 5.10. The monoisotopic (exact) mass is 553 g/mol. The molecule has 0 amide bonds. The molecule has 35 heavy (non-hydrogen) atoms. The molecular weight excluding hydrogens is 530 g/mol. The fourth-order valence-corrected chi connectivity index (χ4v) is 5.96. The third-order valence-electron chi connectivity index (χ3n) is 6.90. The Hall–Kier alpha value is -2.96. The zero-order valence-corrected chi connectivity index (χ0v) is 21.7. The Kier molecular flexibility index (Phi) is 6.51. The molecule has 3 aromatic carbocycles. The molecule has 5 rings (SSSR count). The van der Waals surface area contributed by atoms with E-state index in [2.05, 4.69) is 39.5 Å². The number of hydrogen-bond acceptors (Lipinski definition) is 4. The van der Waals surface area contributed by atoms with Crippen LogP contribution in [0.4, 0.5) is 5.69 Å². The smallest absolute Gasteiger partial charge is 0.336 e. The largest absolute Gasteiger partial charge is 0.493 e. The fourth-order valence-electron chi connectivity index (χ4n) is 5.20. The average molecular weight is 555 g/mol. The average Bonchev–Trinajstić information content (AvgIpc) is 3.33. The van der Waals surface area contributed by atoms with Gasteiger partial charge in [-0.25, -0.2) is 4.79 Å². The number of halogens is 2. The number of carboxylic acid groups (broad SMARTS) is 1. The van der Waals surface area contributed by atoms with Gasteiger partial charge in [0.15, 0.2) is 11.5 Å². The topological polar surface area (TPSA) is 67.8 Å². The van der Waals surface area contributed by atoms with E-state index < -0.39 is 5.97 Å². The Labute approximate surface area is 217 Å². The molecular formula is C28H25BrClNO4. The predicted molar refractivity (Wildman–Crippen MR) is 141 cm³/mol. The highest BCUT2D eigenvalue weighted by atomic mass is 79.9. The number of carbonyl (C=O) groups is 1. The molecule has 1 aliphatic heterocycles. The van der Waals surface area contributed by atoms with E-state index in [4.69, 9.17) is 21.1 Å². The van der Waals surface area contributed by atoms with E-state index in [0.717, 1.165) is 38.8 Å². The van der Waals surface area contributed by atoms with Crippen molar-refractivity contribution in [2.24, 2.45) is 5.92 Å². The molecule has 2 N–H and O–H groups in total. The Morgan fingerprint density at radius 1 is 1.23 bits per heavy atom. The van der Waals surface area contributed by atoms with Crippen LogP contribution >= 0.6 is 27.5 Å². The van der Waals surface area contributed by atoms with Gasteiger partial charge in [0, 0.05) is 22.2 Å². The molecule has 0 radical (unpaired) electrons. The van der Waals surface area contributed by atoms with E-state index >= 15 is 0 Å². The van der Waals surface area contributed by atoms with Gasteiger partial charge < -0.3 is 19.9 Å². The van der Waals surface area contributed by atoms with E-state index in [-0.39, 0.29) is 17.9 Å². The fraction of sp³-hybridized carbons (Fsp3) is 0.250. The lowest BCUT2D eigenvalue weighted by Crippen LogP contribution is -2.31. The summed E-state index contributed by atoms with van der Waals surface area (Å²) in [6.07, 6.45) is 5.16. The molecule has 0 aromatic heterocycles. The first kappa shape index (κ1) is 23.8. The minimum absolute atomic E-state index is 0.0203. The molecule has 0 bridgehead atoms. The first-order valence-corrected chi connectivity index (χ1v) is 12.6. The molecule has 0 spiro atoms. The van der Waals surface area contributed by atoms with Crippen molar-refractivity contribution in [3.63, 3.8) is 0 Å². The van der Waals surface area contributed by atoms with Crippen molar-refractivity contribution in [3.8, 4) is 11.5 Å². The summed E-state index contributed by atoms with van der Waals surface area (Å²) in [6.45, 7) is 2.32. The highest BCUT2D eigenvalue weighted by Crippen LogP contribution is 2.53. The standard InChI is InChI=1S/C28H25BrClNO4/c1-15-10-11-20(28(32)33)24-18-7-5-8-19(18)26(31-25(15)24)17-12-21(29)27(23(13-17)34-2)35-14-16-6-3-4-9-22(16)30/h3-7,9-13,18-19,26,31H,8,14H2,1-2H3,(H,32,33)/t18-,19-,26+/m1/s1. The molecule has 1 heterocycles. The van der Waals surface area contributed by atoms with Crippen LogP contribution in [-0.2, 0) is 6.61 Å². The van der Waals surface area contributed by atoms with Crippen molar-refractivity contribution in [3.05, 3.63) is 98.0 Å². The van der Waals surface area contributed by atoms with Gasteiger partial charge in [-0.3, -0.25) is 0 Å². The third-order valence-corrected chi connectivity index (χ3v) is 7.86. The van der Waals surface area contributed by atoms with Crippen LogP contribution in [0.3, 0.4) is 0 Å². The molecule has 5 nitrogen and oxygen atoms in total. The van der Waals surface area contributed by atoms with E-state index in [9.17, 15) is 9.90 Å². The zero-order chi connectivity index (χ0) is 24.7. The second kappa shape index (κ2) is 9.59. The van der Waals surface area contributed by atoms with Gasteiger partial charge in [-0.1, -0.05) is 48.0 Å². The molecule has 1 aliphatic carbocycles.